The molecule has 1 aromatic heterocycles. The second kappa shape index (κ2) is 4.14. The molecule has 0 bridgehead atoms. The van der Waals surface area contributed by atoms with Crippen molar-refractivity contribution in [2.45, 2.75) is 6.04 Å². The maximum Gasteiger partial charge on any atom is 0.161 e. The Morgan fingerprint density at radius 2 is 2.36 bits per heavy atom. The Morgan fingerprint density at radius 1 is 1.57 bits per heavy atom. The Hall–Kier alpha value is -0.810. The molecule has 2 heterocycles. The second-order valence-corrected chi connectivity index (χ2v) is 4.09. The van der Waals surface area contributed by atoms with Gasteiger partial charge in [-0.25, -0.2) is 4.98 Å². The van der Waals surface area contributed by atoms with Gasteiger partial charge in [0.1, 0.15) is 4.60 Å². The average Bonchev–Trinajstić information content (AvgIpc) is 2.10. The highest BCUT2D eigenvalue weighted by Gasteiger charge is 2.32. The van der Waals surface area contributed by atoms with Crippen LogP contribution in [0.3, 0.4) is 0 Å². The van der Waals surface area contributed by atoms with E-state index in [2.05, 4.69) is 26.0 Å². The summed E-state index contributed by atoms with van der Waals surface area (Å²) < 4.78 is 5.92. The Labute approximate surface area is 90.3 Å². The zero-order valence-corrected chi connectivity index (χ0v) is 9.14. The molecule has 1 aliphatic heterocycles. The number of nitrogens with zero attached hydrogens (tertiary/aromatic N) is 2. The number of pyridine rings is 1. The molecule has 0 saturated carbocycles. The topological polar surface area (TPSA) is 60.1 Å². The van der Waals surface area contributed by atoms with Crippen molar-refractivity contribution >= 4 is 15.9 Å². The summed E-state index contributed by atoms with van der Waals surface area (Å²) in [6.07, 6.45) is 0. The lowest BCUT2D eigenvalue weighted by Crippen LogP contribution is -2.37. The number of nitrogens with two attached hydrogens (primary N) is 1. The van der Waals surface area contributed by atoms with Gasteiger partial charge in [0, 0.05) is 5.92 Å². The third-order valence-electron chi connectivity index (χ3n) is 2.31. The van der Waals surface area contributed by atoms with Crippen LogP contribution in [0.5, 0.6) is 0 Å². The molecule has 0 spiro atoms. The average molecular weight is 257 g/mol. The lowest BCUT2D eigenvalue weighted by Gasteiger charge is -2.28. The molecule has 5 heteroatoms. The van der Waals surface area contributed by atoms with Crippen LogP contribution in [-0.2, 0) is 4.74 Å². The standard InChI is InChI=1S/C9H10BrN3O/c10-8-3-1-2-7(12-8)9(13-11)6-4-14-5-6/h1-3,6,9,11H,4-5H2/p+1. The number of rotatable bonds is 3. The van der Waals surface area contributed by atoms with Crippen LogP contribution in [-0.4, -0.2) is 18.2 Å². The second-order valence-electron chi connectivity index (χ2n) is 3.28. The smallest absolute Gasteiger partial charge is 0.161 e. The van der Waals surface area contributed by atoms with Crippen molar-refractivity contribution in [3.63, 3.8) is 0 Å². The highest BCUT2D eigenvalue weighted by atomic mass is 79.9. The van der Waals surface area contributed by atoms with Crippen molar-refractivity contribution in [3.8, 4) is 0 Å². The summed E-state index contributed by atoms with van der Waals surface area (Å²) in [7, 11) is 0. The van der Waals surface area contributed by atoms with Gasteiger partial charge in [-0.05, 0) is 33.2 Å². The number of halogens is 1. The van der Waals surface area contributed by atoms with E-state index in [1.54, 1.807) is 0 Å². The molecule has 1 aliphatic rings. The zero-order valence-electron chi connectivity index (χ0n) is 7.56. The molecule has 0 aromatic carbocycles. The fraction of sp³-hybridized carbons (Fsp3) is 0.444. The van der Waals surface area contributed by atoms with Crippen molar-refractivity contribution in [1.29, 1.82) is 0 Å². The molecule has 2 rings (SSSR count). The first-order valence-electron chi connectivity index (χ1n) is 4.41. The van der Waals surface area contributed by atoms with Crippen LogP contribution in [0.15, 0.2) is 27.9 Å². The first kappa shape index (κ1) is 9.73. The van der Waals surface area contributed by atoms with Crippen LogP contribution in [0.2, 0.25) is 0 Å². The van der Waals surface area contributed by atoms with Crippen LogP contribution < -0.4 is 5.53 Å². The summed E-state index contributed by atoms with van der Waals surface area (Å²) in [4.78, 5) is 4.33. The fourth-order valence-corrected chi connectivity index (χ4v) is 1.82. The van der Waals surface area contributed by atoms with E-state index >= 15 is 0 Å². The lowest BCUT2D eigenvalue weighted by atomic mass is 9.96. The summed E-state index contributed by atoms with van der Waals surface area (Å²) in [5.41, 5.74) is 6.28. The predicted molar refractivity (Wildman–Crippen MR) is 53.3 cm³/mol. The fourth-order valence-electron chi connectivity index (χ4n) is 1.46. The van der Waals surface area contributed by atoms with E-state index in [1.807, 2.05) is 18.2 Å². The lowest BCUT2D eigenvalue weighted by molar-refractivity contribution is -0.238. The van der Waals surface area contributed by atoms with Crippen LogP contribution in [0.25, 0.3) is 0 Å². The summed E-state index contributed by atoms with van der Waals surface area (Å²) in [6.45, 7) is 1.44. The molecule has 0 aliphatic carbocycles. The van der Waals surface area contributed by atoms with Crippen molar-refractivity contribution in [2.24, 2.45) is 11.0 Å². The van der Waals surface area contributed by atoms with Crippen LogP contribution in [0, 0.1) is 5.92 Å². The molecule has 0 radical (unpaired) electrons. The molecule has 74 valence electrons. The van der Waals surface area contributed by atoms with Gasteiger partial charge in [0.15, 0.2) is 6.04 Å². The van der Waals surface area contributed by atoms with Gasteiger partial charge in [0.2, 0.25) is 0 Å². The molecule has 1 fully saturated rings. The molecule has 4 nitrogen and oxygen atoms in total. The Kier molecular flexibility index (Phi) is 2.88. The number of aromatic nitrogens is 1. The minimum Gasteiger partial charge on any atom is -0.380 e. The maximum atomic E-state index is 5.38. The third-order valence-corrected chi connectivity index (χ3v) is 2.75. The molecule has 1 aromatic rings. The minimum absolute atomic E-state index is 0.0405. The highest BCUT2D eigenvalue weighted by Crippen LogP contribution is 2.29. The van der Waals surface area contributed by atoms with Crippen molar-refractivity contribution < 1.29 is 10.3 Å². The molecular formula is C9H11BrN3O+. The van der Waals surface area contributed by atoms with Gasteiger partial charge >= 0.3 is 0 Å². The van der Waals surface area contributed by atoms with Crippen LogP contribution >= 0.6 is 15.9 Å². The Bertz CT molecular complexity index is 341. The zero-order chi connectivity index (χ0) is 9.97. The summed E-state index contributed by atoms with van der Waals surface area (Å²) in [5.74, 6) is 0.377. The van der Waals surface area contributed by atoms with E-state index in [0.29, 0.717) is 5.92 Å². The van der Waals surface area contributed by atoms with Gasteiger partial charge in [-0.15, -0.1) is 0 Å². The Balaban J connectivity index is 2.21. The normalized spacial score (nSPS) is 18.6. The summed E-state index contributed by atoms with van der Waals surface area (Å²) in [6, 6.07) is 5.71. The van der Waals surface area contributed by atoms with E-state index in [0.717, 1.165) is 23.5 Å². The van der Waals surface area contributed by atoms with Gasteiger partial charge in [-0.1, -0.05) is 6.07 Å². The number of ether oxygens (including phenoxy) is 1. The molecule has 14 heavy (non-hydrogen) atoms. The van der Waals surface area contributed by atoms with Gasteiger partial charge in [0.05, 0.1) is 18.9 Å². The van der Waals surface area contributed by atoms with E-state index in [9.17, 15) is 0 Å². The molecular weight excluding hydrogens is 246 g/mol. The highest BCUT2D eigenvalue weighted by molar-refractivity contribution is 9.10. The molecule has 0 amide bonds. The number of hydrogen-bond acceptors (Lipinski definition) is 3. The third kappa shape index (κ3) is 1.83. The summed E-state index contributed by atoms with van der Waals surface area (Å²) in [5, 5.41) is 3.86. The maximum absolute atomic E-state index is 5.38. The molecule has 2 N–H and O–H groups in total. The van der Waals surface area contributed by atoms with Crippen LogP contribution in [0.4, 0.5) is 0 Å². The largest absolute Gasteiger partial charge is 0.380 e. The minimum atomic E-state index is -0.0405. The SMILES string of the molecule is [NH2+]=NC(c1cccc(Br)n1)C1COC1. The number of hydrogen-bond donors (Lipinski definition) is 1. The van der Waals surface area contributed by atoms with Crippen molar-refractivity contribution in [1.82, 2.24) is 4.98 Å². The molecule has 1 atom stereocenters. The van der Waals surface area contributed by atoms with E-state index in [-0.39, 0.29) is 6.04 Å². The first-order chi connectivity index (χ1) is 6.81. The van der Waals surface area contributed by atoms with E-state index < -0.39 is 0 Å². The van der Waals surface area contributed by atoms with Gasteiger partial charge in [0.25, 0.3) is 0 Å². The van der Waals surface area contributed by atoms with Crippen molar-refractivity contribution in [2.75, 3.05) is 13.2 Å². The summed E-state index contributed by atoms with van der Waals surface area (Å²) >= 11 is 3.32. The van der Waals surface area contributed by atoms with Crippen molar-refractivity contribution in [3.05, 3.63) is 28.5 Å². The molecule has 1 unspecified atom stereocenters. The van der Waals surface area contributed by atoms with Gasteiger partial charge < -0.3 is 4.74 Å². The van der Waals surface area contributed by atoms with Crippen LogP contribution in [0.1, 0.15) is 11.7 Å². The van der Waals surface area contributed by atoms with E-state index in [4.69, 9.17) is 10.3 Å². The Morgan fingerprint density at radius 3 is 2.86 bits per heavy atom. The quantitative estimate of drug-likeness (QED) is 0.641. The van der Waals surface area contributed by atoms with Gasteiger partial charge in [-0.2, -0.15) is 5.53 Å². The monoisotopic (exact) mass is 256 g/mol. The predicted octanol–water partition coefficient (Wildman–Crippen LogP) is 0.743. The van der Waals surface area contributed by atoms with Gasteiger partial charge in [-0.3, -0.25) is 0 Å². The first-order valence-corrected chi connectivity index (χ1v) is 5.21. The van der Waals surface area contributed by atoms with E-state index in [1.165, 1.54) is 0 Å². The molecule has 1 saturated heterocycles.